The Morgan fingerprint density at radius 1 is 1.25 bits per heavy atom. The van der Waals surface area contributed by atoms with E-state index in [-0.39, 0.29) is 0 Å². The summed E-state index contributed by atoms with van der Waals surface area (Å²) in [5, 5.41) is 1.91. The molecule has 0 radical (unpaired) electrons. The van der Waals surface area contributed by atoms with Crippen molar-refractivity contribution in [2.45, 2.75) is 26.4 Å². The zero-order chi connectivity index (χ0) is 14.9. The van der Waals surface area contributed by atoms with Crippen molar-refractivity contribution in [2.75, 3.05) is 11.9 Å². The summed E-state index contributed by atoms with van der Waals surface area (Å²) in [5.74, 6) is 0.582. The van der Waals surface area contributed by atoms with Crippen LogP contribution in [0.3, 0.4) is 0 Å². The minimum Gasteiger partial charge on any atom is -0.443 e. The number of carbonyl (C=O) groups excluding carboxylic acids is 1. The Morgan fingerprint density at radius 2 is 1.95 bits per heavy atom. The maximum Gasteiger partial charge on any atom is 0.415 e. The first kappa shape index (κ1) is 14.8. The van der Waals surface area contributed by atoms with Crippen molar-refractivity contribution in [3.8, 4) is 0 Å². The van der Waals surface area contributed by atoms with Gasteiger partial charge in [-0.25, -0.2) is 9.78 Å². The topological polar surface area (TPSA) is 42.4 Å². The number of aromatic nitrogens is 1. The summed E-state index contributed by atoms with van der Waals surface area (Å²) in [7, 11) is 1.66. The third-order valence-electron chi connectivity index (χ3n) is 2.72. The smallest absolute Gasteiger partial charge is 0.415 e. The molecule has 0 atom stereocenters. The van der Waals surface area contributed by atoms with Gasteiger partial charge >= 0.3 is 6.09 Å². The molecule has 1 amide bonds. The van der Waals surface area contributed by atoms with Gasteiger partial charge in [-0.2, -0.15) is 0 Å². The van der Waals surface area contributed by atoms with E-state index in [0.717, 1.165) is 15.2 Å². The molecule has 0 saturated heterocycles. The van der Waals surface area contributed by atoms with Crippen LogP contribution in [-0.4, -0.2) is 23.7 Å². The van der Waals surface area contributed by atoms with Crippen molar-refractivity contribution in [3.05, 3.63) is 34.9 Å². The normalized spacial score (nSPS) is 11.4. The molecular formula is C15H17BrN2O2. The third-order valence-corrected chi connectivity index (χ3v) is 3.41. The van der Waals surface area contributed by atoms with E-state index in [4.69, 9.17) is 4.74 Å². The molecule has 0 aliphatic carbocycles. The van der Waals surface area contributed by atoms with E-state index >= 15 is 0 Å². The second-order valence-corrected chi connectivity index (χ2v) is 6.36. The third kappa shape index (κ3) is 3.10. The number of benzene rings is 1. The number of ether oxygens (including phenoxy) is 1. The number of nitrogens with zero attached hydrogens (tertiary/aromatic N) is 2. The predicted molar refractivity (Wildman–Crippen MR) is 84.1 cm³/mol. The van der Waals surface area contributed by atoms with Gasteiger partial charge in [0.05, 0.1) is 0 Å². The molecule has 5 heteroatoms. The van der Waals surface area contributed by atoms with Gasteiger partial charge in [0.15, 0.2) is 0 Å². The largest absolute Gasteiger partial charge is 0.443 e. The molecule has 0 saturated carbocycles. The van der Waals surface area contributed by atoms with Crippen molar-refractivity contribution >= 4 is 38.6 Å². The van der Waals surface area contributed by atoms with Crippen molar-refractivity contribution < 1.29 is 9.53 Å². The van der Waals surface area contributed by atoms with Crippen molar-refractivity contribution in [3.63, 3.8) is 0 Å². The summed E-state index contributed by atoms with van der Waals surface area (Å²) in [5.41, 5.74) is -0.531. The number of pyridine rings is 1. The first-order valence-electron chi connectivity index (χ1n) is 6.29. The fourth-order valence-electron chi connectivity index (χ4n) is 1.84. The van der Waals surface area contributed by atoms with Crippen molar-refractivity contribution in [1.82, 2.24) is 4.98 Å². The van der Waals surface area contributed by atoms with Gasteiger partial charge in [-0.3, -0.25) is 4.90 Å². The summed E-state index contributed by atoms with van der Waals surface area (Å²) in [4.78, 5) is 17.9. The highest BCUT2D eigenvalue weighted by Gasteiger charge is 2.22. The number of hydrogen-bond donors (Lipinski definition) is 0. The molecule has 2 rings (SSSR count). The van der Waals surface area contributed by atoms with Crippen LogP contribution >= 0.6 is 15.9 Å². The monoisotopic (exact) mass is 336 g/mol. The van der Waals surface area contributed by atoms with E-state index in [1.54, 1.807) is 13.2 Å². The van der Waals surface area contributed by atoms with Crippen LogP contribution in [0.2, 0.25) is 0 Å². The summed E-state index contributed by atoms with van der Waals surface area (Å²) in [6, 6.07) is 7.72. The molecule has 2 aromatic rings. The van der Waals surface area contributed by atoms with E-state index in [1.165, 1.54) is 4.90 Å². The highest BCUT2D eigenvalue weighted by Crippen LogP contribution is 2.29. The number of amides is 1. The van der Waals surface area contributed by atoms with Gasteiger partial charge in [0, 0.05) is 28.5 Å². The number of hydrogen-bond acceptors (Lipinski definition) is 3. The van der Waals surface area contributed by atoms with Crippen LogP contribution in [0, 0.1) is 0 Å². The number of fused-ring (bicyclic) bond motifs is 1. The molecule has 1 heterocycles. The fourth-order valence-corrected chi connectivity index (χ4v) is 2.34. The lowest BCUT2D eigenvalue weighted by molar-refractivity contribution is 0.0589. The fraction of sp³-hybridized carbons (Fsp3) is 0.333. The molecule has 0 bridgehead atoms. The average Bonchev–Trinajstić information content (AvgIpc) is 2.36. The van der Waals surface area contributed by atoms with Gasteiger partial charge in [0.2, 0.25) is 0 Å². The molecule has 0 aliphatic heterocycles. The lowest BCUT2D eigenvalue weighted by atomic mass is 10.1. The van der Waals surface area contributed by atoms with E-state index in [2.05, 4.69) is 20.9 Å². The number of carbonyl (C=O) groups is 1. The highest BCUT2D eigenvalue weighted by molar-refractivity contribution is 9.10. The van der Waals surface area contributed by atoms with Crippen molar-refractivity contribution in [1.29, 1.82) is 0 Å². The van der Waals surface area contributed by atoms with Crippen LogP contribution in [0.15, 0.2) is 34.9 Å². The molecule has 0 unspecified atom stereocenters. The van der Waals surface area contributed by atoms with Crippen LogP contribution in [0.25, 0.3) is 10.8 Å². The van der Waals surface area contributed by atoms with E-state index in [1.807, 2.05) is 45.0 Å². The van der Waals surface area contributed by atoms with Crippen LogP contribution in [0.5, 0.6) is 0 Å². The molecule has 4 nitrogen and oxygen atoms in total. The molecule has 0 N–H and O–H groups in total. The zero-order valence-electron chi connectivity index (χ0n) is 12.0. The molecule has 1 aromatic heterocycles. The summed E-state index contributed by atoms with van der Waals surface area (Å²) in [6.45, 7) is 5.52. The highest BCUT2D eigenvalue weighted by atomic mass is 79.9. The first-order valence-corrected chi connectivity index (χ1v) is 7.09. The minimum atomic E-state index is -0.531. The minimum absolute atomic E-state index is 0.419. The van der Waals surface area contributed by atoms with Crippen LogP contribution < -0.4 is 4.90 Å². The van der Waals surface area contributed by atoms with E-state index in [9.17, 15) is 4.79 Å². The second kappa shape index (κ2) is 5.40. The molecule has 106 valence electrons. The van der Waals surface area contributed by atoms with E-state index in [0.29, 0.717) is 5.82 Å². The SMILES string of the molecule is CN(C(=O)OC(C)(C)C)c1nccc2c(Br)cccc12. The molecule has 0 spiro atoms. The van der Waals surface area contributed by atoms with Gasteiger partial charge in [0.25, 0.3) is 0 Å². The maximum atomic E-state index is 12.1. The molecule has 0 fully saturated rings. The Bertz CT molecular complexity index is 650. The molecule has 1 aromatic carbocycles. The molecule has 0 aliphatic rings. The van der Waals surface area contributed by atoms with Crippen LogP contribution in [-0.2, 0) is 4.74 Å². The van der Waals surface area contributed by atoms with Gasteiger partial charge in [-0.15, -0.1) is 0 Å². The van der Waals surface area contributed by atoms with Crippen molar-refractivity contribution in [2.24, 2.45) is 0 Å². The standard InChI is InChI=1S/C15H17BrN2O2/c1-15(2,3)20-14(19)18(4)13-11-6-5-7-12(16)10(11)8-9-17-13/h5-9H,1-4H3. The van der Waals surface area contributed by atoms with E-state index < -0.39 is 11.7 Å². The second-order valence-electron chi connectivity index (χ2n) is 5.51. The number of halogens is 1. The quantitative estimate of drug-likeness (QED) is 0.776. The lowest BCUT2D eigenvalue weighted by Crippen LogP contribution is -2.34. The molecule has 20 heavy (non-hydrogen) atoms. The lowest BCUT2D eigenvalue weighted by Gasteiger charge is -2.24. The van der Waals surface area contributed by atoms with Gasteiger partial charge < -0.3 is 4.74 Å². The number of rotatable bonds is 1. The zero-order valence-corrected chi connectivity index (χ0v) is 13.6. The first-order chi connectivity index (χ1) is 9.29. The summed E-state index contributed by atoms with van der Waals surface area (Å²) in [6.07, 6.45) is 1.26. The average molecular weight is 337 g/mol. The van der Waals surface area contributed by atoms with Gasteiger partial charge in [-0.1, -0.05) is 28.1 Å². The maximum absolute atomic E-state index is 12.1. The molecular weight excluding hydrogens is 320 g/mol. The Labute approximate surface area is 126 Å². The summed E-state index contributed by atoms with van der Waals surface area (Å²) < 4.78 is 6.34. The predicted octanol–water partition coefficient (Wildman–Crippen LogP) is 4.37. The van der Waals surface area contributed by atoms with Gasteiger partial charge in [0.1, 0.15) is 11.4 Å². The summed E-state index contributed by atoms with van der Waals surface area (Å²) >= 11 is 3.50. The van der Waals surface area contributed by atoms with Crippen LogP contribution in [0.1, 0.15) is 20.8 Å². The number of anilines is 1. The Balaban J connectivity index is 2.43. The van der Waals surface area contributed by atoms with Crippen LogP contribution in [0.4, 0.5) is 10.6 Å². The Kier molecular flexibility index (Phi) is 3.99. The Hall–Kier alpha value is -1.62. The van der Waals surface area contributed by atoms with Gasteiger partial charge in [-0.05, 0) is 32.9 Å². The Morgan fingerprint density at radius 3 is 2.60 bits per heavy atom.